The van der Waals surface area contributed by atoms with Crippen LogP contribution in [0.15, 0.2) is 35.2 Å². The number of pyridine rings is 1. The number of nitrogens with one attached hydrogen (secondary N) is 1. The molecular formula is C13H15ClN2O2S. The summed E-state index contributed by atoms with van der Waals surface area (Å²) in [6.07, 6.45) is 1.77. The Morgan fingerprint density at radius 2 is 2.05 bits per heavy atom. The standard InChI is InChI=1S/C13H15ClN2O2S/c1-2-3-8-15-19(17,18)11-5-6-12-10(9-11)4-7-13(14)16-12/h4-7,9,15H,2-3,8H2,1H3. The number of rotatable bonds is 5. The smallest absolute Gasteiger partial charge is 0.236 e. The SMILES string of the molecule is CCCCNS(=O)(=O)c1ccc2nc(Cl)ccc2c1. The maximum atomic E-state index is 12.1. The van der Waals surface area contributed by atoms with E-state index in [9.17, 15) is 8.42 Å². The molecule has 6 heteroatoms. The molecule has 0 amide bonds. The van der Waals surface area contributed by atoms with Crippen LogP contribution >= 0.6 is 11.6 Å². The van der Waals surface area contributed by atoms with Gasteiger partial charge in [-0.3, -0.25) is 0 Å². The zero-order valence-electron chi connectivity index (χ0n) is 10.6. The number of nitrogens with zero attached hydrogens (tertiary/aromatic N) is 1. The fourth-order valence-corrected chi connectivity index (χ4v) is 2.98. The molecule has 4 nitrogen and oxygen atoms in total. The molecular weight excluding hydrogens is 284 g/mol. The van der Waals surface area contributed by atoms with Crippen LogP contribution < -0.4 is 4.72 Å². The van der Waals surface area contributed by atoms with E-state index in [1.165, 1.54) is 0 Å². The summed E-state index contributed by atoms with van der Waals surface area (Å²) in [7, 11) is -3.44. The molecule has 0 aliphatic rings. The van der Waals surface area contributed by atoms with Crippen molar-refractivity contribution in [2.45, 2.75) is 24.7 Å². The van der Waals surface area contributed by atoms with Gasteiger partial charge in [-0.15, -0.1) is 0 Å². The van der Waals surface area contributed by atoms with E-state index in [0.29, 0.717) is 17.2 Å². The van der Waals surface area contributed by atoms with Gasteiger partial charge in [0.1, 0.15) is 5.15 Å². The van der Waals surface area contributed by atoms with Crippen molar-refractivity contribution in [3.63, 3.8) is 0 Å². The first-order chi connectivity index (χ1) is 9.03. The van der Waals surface area contributed by atoms with Crippen LogP contribution in [0, 0.1) is 0 Å². The minimum absolute atomic E-state index is 0.250. The van der Waals surface area contributed by atoms with Crippen LogP contribution in [0.4, 0.5) is 0 Å². The van der Waals surface area contributed by atoms with Crippen LogP contribution in [0.3, 0.4) is 0 Å². The zero-order chi connectivity index (χ0) is 13.9. The van der Waals surface area contributed by atoms with Gasteiger partial charge < -0.3 is 0 Å². The molecule has 0 atom stereocenters. The number of aromatic nitrogens is 1. The van der Waals surface area contributed by atoms with Crippen molar-refractivity contribution >= 4 is 32.5 Å². The minimum atomic E-state index is -3.44. The Balaban J connectivity index is 2.32. The summed E-state index contributed by atoms with van der Waals surface area (Å²) in [5.41, 5.74) is 0.681. The Kier molecular flexibility index (Phi) is 4.39. The second kappa shape index (κ2) is 5.86. The molecule has 2 rings (SSSR count). The number of hydrogen-bond acceptors (Lipinski definition) is 3. The third kappa shape index (κ3) is 3.43. The number of benzene rings is 1. The highest BCUT2D eigenvalue weighted by molar-refractivity contribution is 7.89. The van der Waals surface area contributed by atoms with Gasteiger partial charge in [0.25, 0.3) is 0 Å². The third-order valence-electron chi connectivity index (χ3n) is 2.76. The predicted molar refractivity (Wildman–Crippen MR) is 76.8 cm³/mol. The van der Waals surface area contributed by atoms with Crippen molar-refractivity contribution in [2.75, 3.05) is 6.54 Å². The molecule has 102 valence electrons. The van der Waals surface area contributed by atoms with Gasteiger partial charge in [0.2, 0.25) is 10.0 Å². The second-order valence-corrected chi connectivity index (χ2v) is 6.39. The average Bonchev–Trinajstić information content (AvgIpc) is 2.38. The summed E-state index contributed by atoms with van der Waals surface area (Å²) in [4.78, 5) is 4.37. The van der Waals surface area contributed by atoms with Crippen molar-refractivity contribution in [3.8, 4) is 0 Å². The van der Waals surface area contributed by atoms with E-state index < -0.39 is 10.0 Å². The average molecular weight is 299 g/mol. The molecule has 0 aliphatic heterocycles. The summed E-state index contributed by atoms with van der Waals surface area (Å²) < 4.78 is 26.7. The first-order valence-electron chi connectivity index (χ1n) is 6.09. The molecule has 0 unspecified atom stereocenters. The van der Waals surface area contributed by atoms with Gasteiger partial charge in [-0.25, -0.2) is 18.1 Å². The van der Waals surface area contributed by atoms with Gasteiger partial charge in [0, 0.05) is 11.9 Å². The van der Waals surface area contributed by atoms with E-state index in [2.05, 4.69) is 9.71 Å². The fraction of sp³-hybridized carbons (Fsp3) is 0.308. The van der Waals surface area contributed by atoms with E-state index >= 15 is 0 Å². The molecule has 0 aliphatic carbocycles. The first kappa shape index (κ1) is 14.2. The highest BCUT2D eigenvalue weighted by atomic mass is 35.5. The summed E-state index contributed by atoms with van der Waals surface area (Å²) >= 11 is 5.79. The lowest BCUT2D eigenvalue weighted by molar-refractivity contribution is 0.578. The number of halogens is 1. The largest absolute Gasteiger partial charge is 0.240 e. The molecule has 1 N–H and O–H groups in total. The lowest BCUT2D eigenvalue weighted by Gasteiger charge is -2.07. The van der Waals surface area contributed by atoms with Gasteiger partial charge in [0.15, 0.2) is 0 Å². The van der Waals surface area contributed by atoms with Crippen LogP contribution in [-0.2, 0) is 10.0 Å². The monoisotopic (exact) mass is 298 g/mol. The lowest BCUT2D eigenvalue weighted by Crippen LogP contribution is -2.24. The van der Waals surface area contributed by atoms with Crippen molar-refractivity contribution in [1.29, 1.82) is 0 Å². The van der Waals surface area contributed by atoms with E-state index in [4.69, 9.17) is 11.6 Å². The van der Waals surface area contributed by atoms with Crippen LogP contribution in [-0.4, -0.2) is 19.9 Å². The van der Waals surface area contributed by atoms with Crippen molar-refractivity contribution in [3.05, 3.63) is 35.5 Å². The third-order valence-corrected chi connectivity index (χ3v) is 4.43. The minimum Gasteiger partial charge on any atom is -0.236 e. The van der Waals surface area contributed by atoms with E-state index in [0.717, 1.165) is 18.2 Å². The number of hydrogen-bond donors (Lipinski definition) is 1. The van der Waals surface area contributed by atoms with Crippen LogP contribution in [0.5, 0.6) is 0 Å². The van der Waals surface area contributed by atoms with Gasteiger partial charge in [0.05, 0.1) is 10.4 Å². The topological polar surface area (TPSA) is 59.1 Å². The van der Waals surface area contributed by atoms with Gasteiger partial charge in [-0.05, 0) is 36.8 Å². The Morgan fingerprint density at radius 3 is 2.79 bits per heavy atom. The molecule has 0 spiro atoms. The Bertz CT molecular complexity index is 686. The number of unbranched alkanes of at least 4 members (excludes halogenated alkanes) is 1. The van der Waals surface area contributed by atoms with Crippen molar-refractivity contribution in [2.24, 2.45) is 0 Å². The molecule has 1 heterocycles. The second-order valence-electron chi connectivity index (χ2n) is 4.24. The fourth-order valence-electron chi connectivity index (χ4n) is 1.71. The van der Waals surface area contributed by atoms with Crippen LogP contribution in [0.2, 0.25) is 5.15 Å². The number of fused-ring (bicyclic) bond motifs is 1. The van der Waals surface area contributed by atoms with Crippen molar-refractivity contribution < 1.29 is 8.42 Å². The maximum Gasteiger partial charge on any atom is 0.240 e. The molecule has 2 aromatic rings. The Morgan fingerprint density at radius 1 is 1.26 bits per heavy atom. The van der Waals surface area contributed by atoms with Gasteiger partial charge in [-0.1, -0.05) is 24.9 Å². The van der Waals surface area contributed by atoms with E-state index in [1.807, 2.05) is 6.92 Å². The summed E-state index contributed by atoms with van der Waals surface area (Å²) in [6, 6.07) is 8.21. The highest BCUT2D eigenvalue weighted by Crippen LogP contribution is 2.19. The summed E-state index contributed by atoms with van der Waals surface area (Å²) in [6.45, 7) is 2.47. The van der Waals surface area contributed by atoms with Crippen LogP contribution in [0.25, 0.3) is 10.9 Å². The summed E-state index contributed by atoms with van der Waals surface area (Å²) in [5, 5.41) is 1.15. The highest BCUT2D eigenvalue weighted by Gasteiger charge is 2.13. The molecule has 0 fully saturated rings. The molecule has 1 aromatic heterocycles. The lowest BCUT2D eigenvalue weighted by atomic mass is 10.2. The Hall–Kier alpha value is -1.17. The predicted octanol–water partition coefficient (Wildman–Crippen LogP) is 2.97. The van der Waals surface area contributed by atoms with E-state index in [1.54, 1.807) is 30.3 Å². The maximum absolute atomic E-state index is 12.1. The molecule has 19 heavy (non-hydrogen) atoms. The number of sulfonamides is 1. The first-order valence-corrected chi connectivity index (χ1v) is 7.95. The van der Waals surface area contributed by atoms with Crippen molar-refractivity contribution in [1.82, 2.24) is 9.71 Å². The molecule has 1 aromatic carbocycles. The molecule has 0 radical (unpaired) electrons. The van der Waals surface area contributed by atoms with Gasteiger partial charge >= 0.3 is 0 Å². The Labute approximate surface area is 117 Å². The molecule has 0 saturated carbocycles. The molecule has 0 bridgehead atoms. The molecule has 0 saturated heterocycles. The quantitative estimate of drug-likeness (QED) is 0.682. The van der Waals surface area contributed by atoms with Gasteiger partial charge in [-0.2, -0.15) is 0 Å². The van der Waals surface area contributed by atoms with Crippen LogP contribution in [0.1, 0.15) is 19.8 Å². The van der Waals surface area contributed by atoms with E-state index in [-0.39, 0.29) is 4.90 Å². The summed E-state index contributed by atoms with van der Waals surface area (Å²) in [5.74, 6) is 0. The zero-order valence-corrected chi connectivity index (χ0v) is 12.1. The normalized spacial score (nSPS) is 11.9.